The number of fused-ring (bicyclic) bond motifs is 2. The molecule has 0 spiro atoms. The van der Waals surface area contributed by atoms with Crippen LogP contribution >= 0.6 is 0 Å². The lowest BCUT2D eigenvalue weighted by Gasteiger charge is -2.40. The number of benzene rings is 2. The number of aliphatic hydroxyl groups excluding tert-OH is 1. The number of carbonyl (C=O) groups is 1. The van der Waals surface area contributed by atoms with Gasteiger partial charge in [-0.25, -0.2) is 0 Å². The SMILES string of the molecule is C=C[C@H]1[C@@H](C(=O)OC)[C@H](c2cc(OC)c(OC)c(OC)c2)c2cc3c(cc2[C@@H]1O)OCO3. The third kappa shape index (κ3) is 3.31. The number of aliphatic hydroxyl groups is 1. The molecule has 2 aliphatic rings. The normalized spacial score (nSPS) is 23.2. The molecule has 1 heterocycles. The molecule has 0 saturated carbocycles. The number of esters is 1. The van der Waals surface area contributed by atoms with Crippen LogP contribution in [0.5, 0.6) is 28.7 Å². The highest BCUT2D eigenvalue weighted by molar-refractivity contribution is 5.77. The predicted octanol–water partition coefficient (Wildman–Crippen LogP) is 3.21. The van der Waals surface area contributed by atoms with Gasteiger partial charge in [0.25, 0.3) is 0 Å². The average molecular weight is 442 g/mol. The molecule has 0 amide bonds. The Kier molecular flexibility index (Phi) is 5.88. The first kappa shape index (κ1) is 21.8. The predicted molar refractivity (Wildman–Crippen MR) is 115 cm³/mol. The average Bonchev–Trinajstić information content (AvgIpc) is 3.28. The summed E-state index contributed by atoms with van der Waals surface area (Å²) in [5.41, 5.74) is 2.09. The topological polar surface area (TPSA) is 92.7 Å². The van der Waals surface area contributed by atoms with Crippen LogP contribution in [-0.4, -0.2) is 46.3 Å². The van der Waals surface area contributed by atoms with E-state index >= 15 is 0 Å². The Bertz CT molecular complexity index is 1020. The van der Waals surface area contributed by atoms with Gasteiger partial charge in [-0.3, -0.25) is 4.79 Å². The fraction of sp³-hybridized carbons (Fsp3) is 0.375. The zero-order valence-electron chi connectivity index (χ0n) is 18.4. The van der Waals surface area contributed by atoms with Crippen molar-refractivity contribution in [2.75, 3.05) is 35.2 Å². The van der Waals surface area contributed by atoms with Gasteiger partial charge in [-0.1, -0.05) is 6.08 Å². The molecule has 32 heavy (non-hydrogen) atoms. The standard InChI is InChI=1S/C24H26O8/c1-6-13-21(24(26)30-5)20(12-7-18(27-2)23(29-4)19(8-12)28-3)14-9-16-17(32-11-31-16)10-15(14)22(13)25/h6-10,13,20-22,25H,1,11H2,2-5H3/t13-,20+,21+,22+/m0/s1. The Morgan fingerprint density at radius 1 is 1.00 bits per heavy atom. The molecule has 0 aromatic heterocycles. The van der Waals surface area contributed by atoms with Gasteiger partial charge in [-0.2, -0.15) is 0 Å². The molecule has 1 aliphatic heterocycles. The summed E-state index contributed by atoms with van der Waals surface area (Å²) in [6.07, 6.45) is 0.615. The molecule has 8 nitrogen and oxygen atoms in total. The highest BCUT2D eigenvalue weighted by atomic mass is 16.7. The number of hydrogen-bond donors (Lipinski definition) is 1. The monoisotopic (exact) mass is 442 g/mol. The van der Waals surface area contributed by atoms with Crippen molar-refractivity contribution in [1.82, 2.24) is 0 Å². The van der Waals surface area contributed by atoms with Crippen molar-refractivity contribution in [1.29, 1.82) is 0 Å². The first-order valence-corrected chi connectivity index (χ1v) is 10.1. The van der Waals surface area contributed by atoms with Gasteiger partial charge in [0.15, 0.2) is 23.0 Å². The van der Waals surface area contributed by atoms with Gasteiger partial charge >= 0.3 is 5.97 Å². The van der Waals surface area contributed by atoms with Crippen LogP contribution in [0.1, 0.15) is 28.7 Å². The Labute approximate surface area is 186 Å². The Morgan fingerprint density at radius 2 is 1.59 bits per heavy atom. The van der Waals surface area contributed by atoms with E-state index in [1.165, 1.54) is 28.4 Å². The fourth-order valence-electron chi connectivity index (χ4n) is 4.69. The van der Waals surface area contributed by atoms with Gasteiger partial charge in [-0.15, -0.1) is 6.58 Å². The fourth-order valence-corrected chi connectivity index (χ4v) is 4.69. The van der Waals surface area contributed by atoms with Crippen molar-refractivity contribution in [3.8, 4) is 28.7 Å². The summed E-state index contributed by atoms with van der Waals surface area (Å²) >= 11 is 0. The minimum absolute atomic E-state index is 0.0918. The van der Waals surface area contributed by atoms with Gasteiger partial charge in [0.2, 0.25) is 12.5 Å². The number of hydrogen-bond acceptors (Lipinski definition) is 8. The first-order chi connectivity index (χ1) is 15.5. The van der Waals surface area contributed by atoms with Crippen molar-refractivity contribution >= 4 is 5.97 Å². The summed E-state index contributed by atoms with van der Waals surface area (Å²) in [4.78, 5) is 13.0. The van der Waals surface area contributed by atoms with Crippen LogP contribution in [-0.2, 0) is 9.53 Å². The molecule has 0 fully saturated rings. The van der Waals surface area contributed by atoms with Crippen molar-refractivity contribution in [3.63, 3.8) is 0 Å². The van der Waals surface area contributed by atoms with Gasteiger partial charge in [0.1, 0.15) is 0 Å². The molecule has 0 saturated heterocycles. The van der Waals surface area contributed by atoms with E-state index in [9.17, 15) is 9.90 Å². The number of methoxy groups -OCH3 is 4. The lowest BCUT2D eigenvalue weighted by atomic mass is 9.65. The quantitative estimate of drug-likeness (QED) is 0.539. The molecule has 4 atom stereocenters. The van der Waals surface area contributed by atoms with E-state index in [0.717, 1.165) is 11.1 Å². The molecule has 0 bridgehead atoms. The van der Waals surface area contributed by atoms with Crippen LogP contribution in [0.3, 0.4) is 0 Å². The van der Waals surface area contributed by atoms with Crippen LogP contribution in [0.2, 0.25) is 0 Å². The second-order valence-electron chi connectivity index (χ2n) is 7.58. The third-order valence-electron chi connectivity index (χ3n) is 6.16. The molecular formula is C24H26O8. The van der Waals surface area contributed by atoms with Crippen LogP contribution < -0.4 is 23.7 Å². The van der Waals surface area contributed by atoms with Gasteiger partial charge in [0, 0.05) is 11.8 Å². The lowest BCUT2D eigenvalue weighted by molar-refractivity contribution is -0.149. The zero-order valence-corrected chi connectivity index (χ0v) is 18.4. The summed E-state index contributed by atoms with van der Waals surface area (Å²) in [5, 5.41) is 11.2. The van der Waals surface area contributed by atoms with Crippen LogP contribution in [0.15, 0.2) is 36.9 Å². The second kappa shape index (κ2) is 8.63. The highest BCUT2D eigenvalue weighted by Crippen LogP contribution is 2.54. The molecule has 0 unspecified atom stereocenters. The molecule has 4 rings (SSSR count). The van der Waals surface area contributed by atoms with E-state index in [0.29, 0.717) is 34.3 Å². The minimum Gasteiger partial charge on any atom is -0.493 e. The van der Waals surface area contributed by atoms with Crippen molar-refractivity contribution in [2.24, 2.45) is 11.8 Å². The lowest BCUT2D eigenvalue weighted by Crippen LogP contribution is -2.38. The molecule has 1 N–H and O–H groups in total. The van der Waals surface area contributed by atoms with E-state index in [1.54, 1.807) is 24.3 Å². The minimum atomic E-state index is -0.973. The van der Waals surface area contributed by atoms with Crippen LogP contribution in [0.25, 0.3) is 0 Å². The van der Waals surface area contributed by atoms with Crippen LogP contribution in [0.4, 0.5) is 0 Å². The number of ether oxygens (including phenoxy) is 6. The van der Waals surface area contributed by atoms with E-state index in [-0.39, 0.29) is 6.79 Å². The first-order valence-electron chi connectivity index (χ1n) is 10.1. The summed E-state index contributed by atoms with van der Waals surface area (Å²) in [5.74, 6) is 0.129. The van der Waals surface area contributed by atoms with E-state index < -0.39 is 29.8 Å². The maximum atomic E-state index is 13.0. The summed E-state index contributed by atoms with van der Waals surface area (Å²) in [7, 11) is 5.91. The number of carbonyl (C=O) groups excluding carboxylic acids is 1. The molecule has 2 aromatic carbocycles. The van der Waals surface area contributed by atoms with Crippen molar-refractivity contribution in [3.05, 3.63) is 53.6 Å². The van der Waals surface area contributed by atoms with Crippen LogP contribution in [0, 0.1) is 11.8 Å². The van der Waals surface area contributed by atoms with E-state index in [1.807, 2.05) is 6.07 Å². The Morgan fingerprint density at radius 3 is 2.09 bits per heavy atom. The molecule has 8 heteroatoms. The van der Waals surface area contributed by atoms with Gasteiger partial charge in [-0.05, 0) is 41.0 Å². The Hall–Kier alpha value is -3.39. The zero-order chi connectivity index (χ0) is 23.0. The summed E-state index contributed by atoms with van der Waals surface area (Å²) in [6.45, 7) is 3.97. The highest BCUT2D eigenvalue weighted by Gasteiger charge is 2.47. The molecular weight excluding hydrogens is 416 g/mol. The molecule has 1 aliphatic carbocycles. The molecule has 2 aromatic rings. The Balaban J connectivity index is 2.00. The molecule has 170 valence electrons. The van der Waals surface area contributed by atoms with Gasteiger partial charge < -0.3 is 33.5 Å². The van der Waals surface area contributed by atoms with E-state index in [4.69, 9.17) is 28.4 Å². The number of rotatable bonds is 6. The maximum Gasteiger partial charge on any atom is 0.310 e. The molecule has 0 radical (unpaired) electrons. The summed E-state index contributed by atoms with van der Waals surface area (Å²) < 4.78 is 32.8. The van der Waals surface area contributed by atoms with Crippen molar-refractivity contribution in [2.45, 2.75) is 12.0 Å². The van der Waals surface area contributed by atoms with Gasteiger partial charge in [0.05, 0.1) is 40.5 Å². The van der Waals surface area contributed by atoms with Crippen molar-refractivity contribution < 1.29 is 38.3 Å². The largest absolute Gasteiger partial charge is 0.493 e. The second-order valence-corrected chi connectivity index (χ2v) is 7.58. The maximum absolute atomic E-state index is 13.0. The summed E-state index contributed by atoms with van der Waals surface area (Å²) in [6, 6.07) is 7.17. The third-order valence-corrected chi connectivity index (χ3v) is 6.16. The smallest absolute Gasteiger partial charge is 0.310 e. The van der Waals surface area contributed by atoms with E-state index in [2.05, 4.69) is 6.58 Å².